The molecule has 2 aromatic rings. The zero-order valence-electron chi connectivity index (χ0n) is 7.57. The molecule has 0 aliphatic carbocycles. The van der Waals surface area contributed by atoms with E-state index in [1.165, 1.54) is 4.57 Å². The van der Waals surface area contributed by atoms with E-state index in [2.05, 4.69) is 20.9 Å². The summed E-state index contributed by atoms with van der Waals surface area (Å²) in [6.07, 6.45) is 1.62. The maximum absolute atomic E-state index is 11.4. The molecule has 1 aromatic heterocycles. The summed E-state index contributed by atoms with van der Waals surface area (Å²) in [5, 5.41) is 8.73. The van der Waals surface area contributed by atoms with Crippen molar-refractivity contribution in [2.75, 3.05) is 0 Å². The van der Waals surface area contributed by atoms with Crippen LogP contribution in [-0.2, 0) is 0 Å². The Labute approximate surface area is 93.9 Å². The van der Waals surface area contributed by atoms with Gasteiger partial charge in [0.1, 0.15) is 4.60 Å². The molecule has 0 aliphatic heterocycles. The van der Waals surface area contributed by atoms with Crippen LogP contribution >= 0.6 is 15.9 Å². The van der Waals surface area contributed by atoms with Crippen molar-refractivity contribution in [3.63, 3.8) is 0 Å². The summed E-state index contributed by atoms with van der Waals surface area (Å²) < 4.78 is 2.04. The Morgan fingerprint density at radius 1 is 1.47 bits per heavy atom. The lowest BCUT2D eigenvalue weighted by Crippen LogP contribution is -2.13. The van der Waals surface area contributed by atoms with Crippen LogP contribution in [0, 0.1) is 11.3 Å². The zero-order chi connectivity index (χ0) is 10.8. The summed E-state index contributed by atoms with van der Waals surface area (Å²) in [5.74, 6) is 0. The Kier molecular flexibility index (Phi) is 2.44. The number of nitriles is 1. The lowest BCUT2D eigenvalue weighted by molar-refractivity contribution is 0.986. The summed E-state index contributed by atoms with van der Waals surface area (Å²) in [4.78, 5) is 14.0. The van der Waals surface area contributed by atoms with Crippen molar-refractivity contribution in [2.45, 2.75) is 0 Å². The topological polar surface area (TPSA) is 61.6 Å². The number of H-pyrrole nitrogens is 1. The van der Waals surface area contributed by atoms with Crippen molar-refractivity contribution >= 4 is 15.9 Å². The van der Waals surface area contributed by atoms with Crippen molar-refractivity contribution in [2.24, 2.45) is 0 Å². The molecule has 74 valence electrons. The van der Waals surface area contributed by atoms with Crippen LogP contribution in [-0.4, -0.2) is 9.55 Å². The van der Waals surface area contributed by atoms with Crippen LogP contribution in [0.15, 0.2) is 39.9 Å². The number of rotatable bonds is 1. The Balaban J connectivity index is 2.60. The van der Waals surface area contributed by atoms with Gasteiger partial charge in [-0.2, -0.15) is 5.26 Å². The number of hydrogen-bond donors (Lipinski definition) is 1. The second-order valence-electron chi connectivity index (χ2n) is 2.94. The fourth-order valence-corrected chi connectivity index (χ4v) is 1.66. The van der Waals surface area contributed by atoms with Crippen LogP contribution in [0.2, 0.25) is 0 Å². The number of imidazole rings is 1. The highest BCUT2D eigenvalue weighted by Gasteiger charge is 2.03. The van der Waals surface area contributed by atoms with E-state index in [4.69, 9.17) is 5.26 Å². The summed E-state index contributed by atoms with van der Waals surface area (Å²) in [5.41, 5.74) is 0.953. The second-order valence-corrected chi connectivity index (χ2v) is 3.79. The van der Waals surface area contributed by atoms with Gasteiger partial charge in [-0.15, -0.1) is 0 Å². The number of nitrogens with one attached hydrogen (secondary N) is 1. The van der Waals surface area contributed by atoms with Gasteiger partial charge in [0.05, 0.1) is 17.3 Å². The maximum atomic E-state index is 11.4. The normalized spacial score (nSPS) is 9.87. The minimum absolute atomic E-state index is 0.239. The van der Waals surface area contributed by atoms with Crippen LogP contribution < -0.4 is 5.69 Å². The monoisotopic (exact) mass is 263 g/mol. The second kappa shape index (κ2) is 3.75. The van der Waals surface area contributed by atoms with Crippen LogP contribution in [0.4, 0.5) is 0 Å². The van der Waals surface area contributed by atoms with E-state index in [1.54, 1.807) is 30.5 Å². The molecule has 0 spiro atoms. The lowest BCUT2D eigenvalue weighted by atomic mass is 10.2. The fourth-order valence-electron chi connectivity index (χ4n) is 1.28. The van der Waals surface area contributed by atoms with Crippen LogP contribution in [0.1, 0.15) is 5.56 Å². The molecule has 4 nitrogen and oxygen atoms in total. The molecule has 1 N–H and O–H groups in total. The van der Waals surface area contributed by atoms with Gasteiger partial charge in [0.2, 0.25) is 0 Å². The maximum Gasteiger partial charge on any atom is 0.330 e. The predicted octanol–water partition coefficient (Wildman–Crippen LogP) is 1.80. The highest BCUT2D eigenvalue weighted by atomic mass is 79.9. The van der Waals surface area contributed by atoms with Gasteiger partial charge >= 0.3 is 5.69 Å². The molecule has 1 aromatic carbocycles. The fraction of sp³-hybridized carbons (Fsp3) is 0. The van der Waals surface area contributed by atoms with Crippen molar-refractivity contribution in [1.29, 1.82) is 5.26 Å². The minimum atomic E-state index is -0.239. The summed E-state index contributed by atoms with van der Waals surface area (Å²) in [6, 6.07) is 8.87. The molecule has 0 unspecified atom stereocenters. The number of benzene rings is 1. The van der Waals surface area contributed by atoms with E-state index < -0.39 is 0 Å². The van der Waals surface area contributed by atoms with Crippen molar-refractivity contribution in [1.82, 2.24) is 9.55 Å². The molecular formula is C10H6BrN3O. The van der Waals surface area contributed by atoms with Crippen LogP contribution in [0.3, 0.4) is 0 Å². The molecule has 2 rings (SSSR count). The van der Waals surface area contributed by atoms with Crippen LogP contribution in [0.5, 0.6) is 0 Å². The molecule has 0 atom stereocenters. The minimum Gasteiger partial charge on any atom is -0.300 e. The smallest absolute Gasteiger partial charge is 0.300 e. The third-order valence-corrected chi connectivity index (χ3v) is 2.34. The lowest BCUT2D eigenvalue weighted by Gasteiger charge is -1.99. The zero-order valence-corrected chi connectivity index (χ0v) is 9.15. The first-order chi connectivity index (χ1) is 7.20. The van der Waals surface area contributed by atoms with Gasteiger partial charge < -0.3 is 0 Å². The van der Waals surface area contributed by atoms with E-state index in [-0.39, 0.29) is 5.69 Å². The van der Waals surface area contributed by atoms with Crippen molar-refractivity contribution in [3.8, 4) is 11.8 Å². The number of aromatic nitrogens is 2. The molecule has 0 fully saturated rings. The van der Waals surface area contributed by atoms with E-state index in [0.29, 0.717) is 15.9 Å². The summed E-state index contributed by atoms with van der Waals surface area (Å²) >= 11 is 3.17. The Hall–Kier alpha value is -1.80. The quantitative estimate of drug-likeness (QED) is 0.853. The van der Waals surface area contributed by atoms with Gasteiger partial charge in [0.15, 0.2) is 0 Å². The van der Waals surface area contributed by atoms with E-state index >= 15 is 0 Å². The van der Waals surface area contributed by atoms with Gasteiger partial charge in [-0.3, -0.25) is 9.55 Å². The van der Waals surface area contributed by atoms with E-state index in [1.807, 2.05) is 6.07 Å². The average molecular weight is 264 g/mol. The van der Waals surface area contributed by atoms with Gasteiger partial charge in [0, 0.05) is 6.20 Å². The highest BCUT2D eigenvalue weighted by Crippen LogP contribution is 2.10. The Morgan fingerprint density at radius 2 is 2.27 bits per heavy atom. The molecule has 0 radical (unpaired) electrons. The number of nitrogens with zero attached hydrogens (tertiary/aromatic N) is 2. The molecule has 0 aliphatic rings. The van der Waals surface area contributed by atoms with Gasteiger partial charge in [-0.25, -0.2) is 4.79 Å². The molecule has 15 heavy (non-hydrogen) atoms. The summed E-state index contributed by atoms with van der Waals surface area (Å²) in [6.45, 7) is 0. The van der Waals surface area contributed by atoms with E-state index in [9.17, 15) is 4.79 Å². The standard InChI is InChI=1S/C10H6BrN3O/c11-9-6-14(10(15)13-9)8-3-1-2-7(4-8)5-12/h1-4,6H,(H,13,15). The first kappa shape index (κ1) is 9.74. The third-order valence-electron chi connectivity index (χ3n) is 1.94. The Morgan fingerprint density at radius 3 is 2.87 bits per heavy atom. The molecule has 0 bridgehead atoms. The summed E-state index contributed by atoms with van der Waals surface area (Å²) in [7, 11) is 0. The SMILES string of the molecule is N#Cc1cccc(-n2cc(Br)[nH]c2=O)c1. The van der Waals surface area contributed by atoms with Gasteiger partial charge in [-0.05, 0) is 34.1 Å². The Bertz CT molecular complexity index is 591. The molecule has 0 saturated carbocycles. The van der Waals surface area contributed by atoms with Crippen molar-refractivity contribution < 1.29 is 0 Å². The molecular weight excluding hydrogens is 258 g/mol. The largest absolute Gasteiger partial charge is 0.330 e. The number of hydrogen-bond acceptors (Lipinski definition) is 2. The number of aromatic amines is 1. The molecule has 0 saturated heterocycles. The highest BCUT2D eigenvalue weighted by molar-refractivity contribution is 9.10. The first-order valence-corrected chi connectivity index (χ1v) is 4.98. The molecule has 5 heteroatoms. The third kappa shape index (κ3) is 1.85. The van der Waals surface area contributed by atoms with Crippen molar-refractivity contribution in [3.05, 3.63) is 51.1 Å². The van der Waals surface area contributed by atoms with Gasteiger partial charge in [0.25, 0.3) is 0 Å². The predicted molar refractivity (Wildman–Crippen MR) is 58.8 cm³/mol. The molecule has 0 amide bonds. The van der Waals surface area contributed by atoms with Gasteiger partial charge in [-0.1, -0.05) is 6.07 Å². The average Bonchev–Trinajstić information content (AvgIpc) is 2.58. The first-order valence-electron chi connectivity index (χ1n) is 4.18. The number of halogens is 1. The van der Waals surface area contributed by atoms with E-state index in [0.717, 1.165) is 0 Å². The molecule has 1 heterocycles. The van der Waals surface area contributed by atoms with Crippen LogP contribution in [0.25, 0.3) is 5.69 Å².